The number of carbonyl (C=O) groups excluding carboxylic acids is 2. The Balaban J connectivity index is 1.84. The fraction of sp³-hybridized carbons (Fsp3) is 0.455. The van der Waals surface area contributed by atoms with Crippen LogP contribution in [0.4, 0.5) is 0 Å². The van der Waals surface area contributed by atoms with Gasteiger partial charge in [-0.05, 0) is 25.0 Å². The summed E-state index contributed by atoms with van der Waals surface area (Å²) in [5.41, 5.74) is 0. The number of esters is 1. The minimum absolute atomic E-state index is 0.00907. The van der Waals surface area contributed by atoms with Crippen LogP contribution in [0.3, 0.4) is 0 Å². The van der Waals surface area contributed by atoms with Crippen molar-refractivity contribution in [3.8, 4) is 5.75 Å². The van der Waals surface area contributed by atoms with Crippen molar-refractivity contribution < 1.29 is 29.3 Å². The molecule has 1 saturated carbocycles. The maximum absolute atomic E-state index is 12.2. The normalized spacial score (nSPS) is 23.4. The smallest absolute Gasteiger partial charge is 0.305 e. The molecule has 1 aromatic carbocycles. The number of rotatable bonds is 10. The van der Waals surface area contributed by atoms with Gasteiger partial charge in [-0.15, -0.1) is 0 Å². The Morgan fingerprint density at radius 2 is 2.04 bits per heavy atom. The van der Waals surface area contributed by atoms with E-state index in [1.807, 2.05) is 30.4 Å². The molecule has 0 radical (unpaired) electrons. The van der Waals surface area contributed by atoms with Crippen LogP contribution < -0.4 is 4.74 Å². The van der Waals surface area contributed by atoms with Gasteiger partial charge in [-0.25, -0.2) is 0 Å². The summed E-state index contributed by atoms with van der Waals surface area (Å²) in [4.78, 5) is 23.3. The van der Waals surface area contributed by atoms with Gasteiger partial charge in [0.25, 0.3) is 0 Å². The lowest BCUT2D eigenvalue weighted by atomic mass is 9.90. The van der Waals surface area contributed by atoms with Gasteiger partial charge in [-0.1, -0.05) is 42.5 Å². The second-order valence-electron chi connectivity index (χ2n) is 6.82. The number of aliphatic hydroxyl groups is 2. The Hall–Kier alpha value is -2.44. The number of hydrogen-bond acceptors (Lipinski definition) is 6. The first-order chi connectivity index (χ1) is 13.5. The highest BCUT2D eigenvalue weighted by atomic mass is 16.5. The number of aliphatic hydroxyl groups excluding tert-OH is 2. The van der Waals surface area contributed by atoms with Gasteiger partial charge in [0.05, 0.1) is 13.2 Å². The summed E-state index contributed by atoms with van der Waals surface area (Å²) in [5, 5.41) is 20.3. The van der Waals surface area contributed by atoms with Crippen LogP contribution >= 0.6 is 0 Å². The zero-order valence-corrected chi connectivity index (χ0v) is 16.1. The standard InChI is InChI=1S/C22H28O6/c1-27-22(26)11-7-3-6-10-18-19(21(25)14-20(18)24)13-12-16(23)15-28-17-8-4-2-5-9-17/h2-6,8-9,12-13,16,18-19,21,23,25H,7,10-11,14-15H2,1H3/b6-3+,13-12+/t16-,18-,19-,21-/m1/s1. The number of methoxy groups -OCH3 is 1. The van der Waals surface area contributed by atoms with Crippen LogP contribution in [0.15, 0.2) is 54.6 Å². The first-order valence-electron chi connectivity index (χ1n) is 9.48. The third-order valence-electron chi connectivity index (χ3n) is 4.75. The number of carbonyl (C=O) groups is 2. The lowest BCUT2D eigenvalue weighted by Crippen LogP contribution is -2.20. The highest BCUT2D eigenvalue weighted by molar-refractivity contribution is 5.84. The zero-order chi connectivity index (χ0) is 20.4. The van der Waals surface area contributed by atoms with Crippen LogP contribution in [-0.2, 0) is 14.3 Å². The third kappa shape index (κ3) is 6.94. The molecule has 1 aliphatic rings. The molecule has 0 saturated heterocycles. The molecule has 1 fully saturated rings. The molecule has 0 spiro atoms. The molecule has 4 atom stereocenters. The van der Waals surface area contributed by atoms with E-state index in [0.29, 0.717) is 25.0 Å². The van der Waals surface area contributed by atoms with Gasteiger partial charge in [0.1, 0.15) is 24.2 Å². The average Bonchev–Trinajstić information content (AvgIpc) is 2.97. The first kappa shape index (κ1) is 21.9. The van der Waals surface area contributed by atoms with Crippen molar-refractivity contribution in [1.82, 2.24) is 0 Å². The van der Waals surface area contributed by atoms with E-state index >= 15 is 0 Å². The molecule has 0 heterocycles. The molecule has 0 amide bonds. The molecule has 28 heavy (non-hydrogen) atoms. The summed E-state index contributed by atoms with van der Waals surface area (Å²) in [5.74, 6) is -0.271. The monoisotopic (exact) mass is 388 g/mol. The van der Waals surface area contributed by atoms with Crippen molar-refractivity contribution in [2.45, 2.75) is 37.9 Å². The Morgan fingerprint density at radius 3 is 2.75 bits per heavy atom. The van der Waals surface area contributed by atoms with E-state index < -0.39 is 12.2 Å². The van der Waals surface area contributed by atoms with Crippen molar-refractivity contribution >= 4 is 11.8 Å². The number of hydrogen-bond donors (Lipinski definition) is 2. The number of ether oxygens (including phenoxy) is 2. The topological polar surface area (TPSA) is 93.1 Å². The summed E-state index contributed by atoms with van der Waals surface area (Å²) in [7, 11) is 1.35. The Morgan fingerprint density at radius 1 is 1.29 bits per heavy atom. The summed E-state index contributed by atoms with van der Waals surface area (Å²) in [6, 6.07) is 9.19. The summed E-state index contributed by atoms with van der Waals surface area (Å²) >= 11 is 0. The number of ketones is 1. The van der Waals surface area contributed by atoms with Crippen molar-refractivity contribution in [2.24, 2.45) is 11.8 Å². The van der Waals surface area contributed by atoms with Crippen LogP contribution in [0.25, 0.3) is 0 Å². The Kier molecular flexibility index (Phi) is 8.91. The second-order valence-corrected chi connectivity index (χ2v) is 6.82. The molecular weight excluding hydrogens is 360 g/mol. The predicted molar refractivity (Wildman–Crippen MR) is 105 cm³/mol. The highest BCUT2D eigenvalue weighted by Crippen LogP contribution is 2.33. The summed E-state index contributed by atoms with van der Waals surface area (Å²) in [6.45, 7) is 0.0926. The molecule has 0 aromatic heterocycles. The molecule has 6 nitrogen and oxygen atoms in total. The van der Waals surface area contributed by atoms with Gasteiger partial charge in [0, 0.05) is 24.7 Å². The lowest BCUT2D eigenvalue weighted by molar-refractivity contribution is -0.140. The van der Waals surface area contributed by atoms with Gasteiger partial charge in [0.2, 0.25) is 0 Å². The van der Waals surface area contributed by atoms with Gasteiger partial charge in [-0.2, -0.15) is 0 Å². The van der Waals surface area contributed by atoms with Crippen LogP contribution in [-0.4, -0.2) is 47.9 Å². The van der Waals surface area contributed by atoms with E-state index in [2.05, 4.69) is 4.74 Å². The fourth-order valence-corrected chi connectivity index (χ4v) is 3.20. The van der Waals surface area contributed by atoms with E-state index in [-0.39, 0.29) is 36.6 Å². The zero-order valence-electron chi connectivity index (χ0n) is 16.1. The summed E-state index contributed by atoms with van der Waals surface area (Å²) in [6.07, 6.45) is 6.85. The lowest BCUT2D eigenvalue weighted by Gasteiger charge is -2.17. The number of benzene rings is 1. The van der Waals surface area contributed by atoms with Gasteiger partial charge in [-0.3, -0.25) is 9.59 Å². The van der Waals surface area contributed by atoms with Crippen LogP contribution in [0, 0.1) is 11.8 Å². The van der Waals surface area contributed by atoms with E-state index in [1.165, 1.54) is 7.11 Å². The summed E-state index contributed by atoms with van der Waals surface area (Å²) < 4.78 is 10.1. The van der Waals surface area contributed by atoms with Gasteiger partial charge >= 0.3 is 5.97 Å². The number of allylic oxidation sites excluding steroid dienone is 2. The van der Waals surface area contributed by atoms with Crippen molar-refractivity contribution in [1.29, 1.82) is 0 Å². The van der Waals surface area contributed by atoms with Crippen LogP contribution in [0.5, 0.6) is 5.75 Å². The van der Waals surface area contributed by atoms with E-state index in [4.69, 9.17) is 4.74 Å². The largest absolute Gasteiger partial charge is 0.491 e. The molecule has 2 rings (SSSR count). The minimum Gasteiger partial charge on any atom is -0.491 e. The highest BCUT2D eigenvalue weighted by Gasteiger charge is 2.39. The minimum atomic E-state index is -0.834. The van der Waals surface area contributed by atoms with E-state index in [1.54, 1.807) is 24.3 Å². The van der Waals surface area contributed by atoms with Crippen molar-refractivity contribution in [3.63, 3.8) is 0 Å². The van der Waals surface area contributed by atoms with Gasteiger partial charge in [0.15, 0.2) is 0 Å². The maximum atomic E-state index is 12.2. The first-order valence-corrected chi connectivity index (χ1v) is 9.48. The SMILES string of the molecule is COC(=O)CC/C=C/C[C@H]1C(=O)C[C@@H](O)[C@@H]1/C=C/[C@@H](O)COc1ccccc1. The molecular formula is C22H28O6. The second kappa shape index (κ2) is 11.4. The number of para-hydroxylation sites is 1. The average molecular weight is 388 g/mol. The molecule has 2 N–H and O–H groups in total. The molecule has 0 aliphatic heterocycles. The van der Waals surface area contributed by atoms with Crippen LogP contribution in [0.2, 0.25) is 0 Å². The Bertz CT molecular complexity index is 682. The molecule has 6 heteroatoms. The fourth-order valence-electron chi connectivity index (χ4n) is 3.20. The maximum Gasteiger partial charge on any atom is 0.305 e. The van der Waals surface area contributed by atoms with Crippen molar-refractivity contribution in [2.75, 3.05) is 13.7 Å². The predicted octanol–water partition coefficient (Wildman–Crippen LogP) is 2.45. The third-order valence-corrected chi connectivity index (χ3v) is 4.75. The Labute approximate surface area is 165 Å². The van der Waals surface area contributed by atoms with Gasteiger partial charge < -0.3 is 19.7 Å². The van der Waals surface area contributed by atoms with E-state index in [9.17, 15) is 19.8 Å². The molecule has 0 unspecified atom stereocenters. The molecule has 0 bridgehead atoms. The number of Topliss-reactive ketones (excluding diaryl/α,β-unsaturated/α-hetero) is 1. The molecule has 1 aromatic rings. The molecule has 1 aliphatic carbocycles. The van der Waals surface area contributed by atoms with E-state index in [0.717, 1.165) is 0 Å². The quantitative estimate of drug-likeness (QED) is 0.472. The molecule has 152 valence electrons. The van der Waals surface area contributed by atoms with Crippen LogP contribution in [0.1, 0.15) is 25.7 Å². The van der Waals surface area contributed by atoms with Crippen molar-refractivity contribution in [3.05, 3.63) is 54.6 Å².